The van der Waals surface area contributed by atoms with Crippen LogP contribution >= 0.6 is 0 Å². The van der Waals surface area contributed by atoms with Gasteiger partial charge in [0.05, 0.1) is 0 Å². The Bertz CT molecular complexity index is 375. The quantitative estimate of drug-likeness (QED) is 0.793. The third-order valence-corrected chi connectivity index (χ3v) is 3.98. The van der Waals surface area contributed by atoms with Gasteiger partial charge in [0.1, 0.15) is 0 Å². The van der Waals surface area contributed by atoms with Gasteiger partial charge in [-0.3, -0.25) is 0 Å². The third-order valence-electron chi connectivity index (χ3n) is 3.98. The molecule has 2 saturated carbocycles. The number of rotatable bonds is 5. The van der Waals surface area contributed by atoms with E-state index in [1.54, 1.807) is 5.56 Å². The summed E-state index contributed by atoms with van der Waals surface area (Å²) in [6.07, 6.45) is 5.61. The molecule has 1 heteroatoms. The van der Waals surface area contributed by atoms with Crippen LogP contribution in [0.25, 0.3) is 0 Å². The van der Waals surface area contributed by atoms with Crippen LogP contribution in [0.3, 0.4) is 0 Å². The van der Waals surface area contributed by atoms with Gasteiger partial charge in [0.2, 0.25) is 0 Å². The fourth-order valence-electron chi connectivity index (χ4n) is 2.27. The summed E-state index contributed by atoms with van der Waals surface area (Å²) in [7, 11) is 0. The molecule has 0 atom stereocenters. The molecule has 0 aliphatic heterocycles. The lowest BCUT2D eigenvalue weighted by molar-refractivity contribution is 0.499. The van der Waals surface area contributed by atoms with Gasteiger partial charge in [-0.15, -0.1) is 0 Å². The normalized spacial score (nSPS) is 22.1. The summed E-state index contributed by atoms with van der Waals surface area (Å²) < 4.78 is 0. The van der Waals surface area contributed by atoms with Crippen LogP contribution in [0.1, 0.15) is 49.7 Å². The molecular weight excluding hydrogens is 194 g/mol. The first-order valence-electron chi connectivity index (χ1n) is 6.55. The largest absolute Gasteiger partial charge is 0.312 e. The highest BCUT2D eigenvalue weighted by Gasteiger charge is 2.36. The maximum atomic E-state index is 3.59. The summed E-state index contributed by atoms with van der Waals surface area (Å²) in [4.78, 5) is 0. The Morgan fingerprint density at radius 3 is 2.81 bits per heavy atom. The molecule has 0 unspecified atom stereocenters. The van der Waals surface area contributed by atoms with Crippen LogP contribution in [0.15, 0.2) is 24.3 Å². The molecule has 0 amide bonds. The Labute approximate surface area is 98.3 Å². The van der Waals surface area contributed by atoms with E-state index in [1.807, 2.05) is 0 Å². The van der Waals surface area contributed by atoms with E-state index in [1.165, 1.54) is 37.8 Å². The average Bonchev–Trinajstić information content (AvgIpc) is 3.14. The van der Waals surface area contributed by atoms with E-state index in [0.717, 1.165) is 12.5 Å². The second kappa shape index (κ2) is 3.89. The lowest BCUT2D eigenvalue weighted by Gasteiger charge is -2.10. The predicted molar refractivity (Wildman–Crippen MR) is 67.5 cm³/mol. The van der Waals surface area contributed by atoms with Gasteiger partial charge in [-0.25, -0.2) is 0 Å². The van der Waals surface area contributed by atoms with E-state index >= 15 is 0 Å². The molecule has 86 valence electrons. The average molecular weight is 215 g/mol. The van der Waals surface area contributed by atoms with E-state index in [2.05, 4.69) is 36.5 Å². The molecule has 2 fully saturated rings. The monoisotopic (exact) mass is 215 g/mol. The maximum absolute atomic E-state index is 3.59. The van der Waals surface area contributed by atoms with Crippen LogP contribution < -0.4 is 5.32 Å². The number of benzene rings is 1. The van der Waals surface area contributed by atoms with Crippen LogP contribution in [0.5, 0.6) is 0 Å². The molecule has 0 aromatic heterocycles. The molecular formula is C15H21N. The van der Waals surface area contributed by atoms with E-state index in [0.29, 0.717) is 5.41 Å². The lowest BCUT2D eigenvalue weighted by Crippen LogP contribution is -2.21. The number of hydrogen-bond acceptors (Lipinski definition) is 1. The zero-order chi connectivity index (χ0) is 11.0. The van der Waals surface area contributed by atoms with Gasteiger partial charge in [-0.1, -0.05) is 31.2 Å². The van der Waals surface area contributed by atoms with E-state index in [-0.39, 0.29) is 0 Å². The van der Waals surface area contributed by atoms with Gasteiger partial charge in [0, 0.05) is 13.1 Å². The minimum absolute atomic E-state index is 0.619. The topological polar surface area (TPSA) is 12.0 Å². The second-order valence-electron chi connectivity index (χ2n) is 5.93. The Kier molecular flexibility index (Phi) is 2.51. The summed E-state index contributed by atoms with van der Waals surface area (Å²) in [6.45, 7) is 4.59. The first-order valence-corrected chi connectivity index (χ1v) is 6.55. The first-order chi connectivity index (χ1) is 7.75. The number of nitrogens with one attached hydrogen (secondary N) is 1. The SMILES string of the molecule is CC1(CNCc2cccc(C3CC3)c2)CC1. The minimum Gasteiger partial charge on any atom is -0.312 e. The highest BCUT2D eigenvalue weighted by atomic mass is 14.9. The molecule has 1 nitrogen and oxygen atoms in total. The van der Waals surface area contributed by atoms with Crippen LogP contribution in [0.2, 0.25) is 0 Å². The van der Waals surface area contributed by atoms with Gasteiger partial charge in [0.25, 0.3) is 0 Å². The summed E-state index contributed by atoms with van der Waals surface area (Å²) in [6, 6.07) is 9.13. The van der Waals surface area contributed by atoms with Crippen molar-refractivity contribution in [1.29, 1.82) is 0 Å². The molecule has 2 aliphatic rings. The Hall–Kier alpha value is -0.820. The standard InChI is InChI=1S/C15H21N/c1-15(7-8-15)11-16-10-12-3-2-4-14(9-12)13-5-6-13/h2-4,9,13,16H,5-8,10-11H2,1H3. The fraction of sp³-hybridized carbons (Fsp3) is 0.600. The van der Waals surface area contributed by atoms with Crippen molar-refractivity contribution in [2.45, 2.75) is 45.1 Å². The molecule has 1 N–H and O–H groups in total. The summed E-state index contributed by atoms with van der Waals surface area (Å²) in [5.41, 5.74) is 3.62. The summed E-state index contributed by atoms with van der Waals surface area (Å²) in [5.74, 6) is 0.876. The van der Waals surface area contributed by atoms with Crippen molar-refractivity contribution in [2.75, 3.05) is 6.54 Å². The highest BCUT2D eigenvalue weighted by Crippen LogP contribution is 2.44. The van der Waals surface area contributed by atoms with E-state index in [4.69, 9.17) is 0 Å². The molecule has 1 aromatic rings. The molecule has 0 bridgehead atoms. The van der Waals surface area contributed by atoms with Crippen molar-refractivity contribution in [2.24, 2.45) is 5.41 Å². The fourth-order valence-corrected chi connectivity index (χ4v) is 2.27. The van der Waals surface area contributed by atoms with Gasteiger partial charge in [-0.05, 0) is 48.1 Å². The van der Waals surface area contributed by atoms with Crippen molar-refractivity contribution >= 4 is 0 Å². The van der Waals surface area contributed by atoms with Crippen molar-refractivity contribution in [3.63, 3.8) is 0 Å². The molecule has 0 saturated heterocycles. The minimum atomic E-state index is 0.619. The van der Waals surface area contributed by atoms with Crippen molar-refractivity contribution in [1.82, 2.24) is 5.32 Å². The zero-order valence-electron chi connectivity index (χ0n) is 10.1. The molecule has 16 heavy (non-hydrogen) atoms. The van der Waals surface area contributed by atoms with Crippen LogP contribution in [0.4, 0.5) is 0 Å². The molecule has 3 rings (SSSR count). The van der Waals surface area contributed by atoms with Crippen molar-refractivity contribution < 1.29 is 0 Å². The van der Waals surface area contributed by atoms with Crippen molar-refractivity contribution in [3.8, 4) is 0 Å². The van der Waals surface area contributed by atoms with Crippen LogP contribution in [0, 0.1) is 5.41 Å². The van der Waals surface area contributed by atoms with Gasteiger partial charge in [-0.2, -0.15) is 0 Å². The Balaban J connectivity index is 1.54. The lowest BCUT2D eigenvalue weighted by atomic mass is 10.1. The first kappa shape index (κ1) is 10.3. The van der Waals surface area contributed by atoms with E-state index in [9.17, 15) is 0 Å². The summed E-state index contributed by atoms with van der Waals surface area (Å²) in [5, 5.41) is 3.59. The molecule has 0 spiro atoms. The zero-order valence-corrected chi connectivity index (χ0v) is 10.1. The van der Waals surface area contributed by atoms with Gasteiger partial charge >= 0.3 is 0 Å². The summed E-state index contributed by atoms with van der Waals surface area (Å²) >= 11 is 0. The maximum Gasteiger partial charge on any atom is 0.0205 e. The van der Waals surface area contributed by atoms with Gasteiger partial charge < -0.3 is 5.32 Å². The Morgan fingerprint density at radius 1 is 1.31 bits per heavy atom. The van der Waals surface area contributed by atoms with Crippen LogP contribution in [-0.4, -0.2) is 6.54 Å². The molecule has 0 heterocycles. The highest BCUT2D eigenvalue weighted by molar-refractivity contribution is 5.29. The predicted octanol–water partition coefficient (Wildman–Crippen LogP) is 3.45. The van der Waals surface area contributed by atoms with Crippen molar-refractivity contribution in [3.05, 3.63) is 35.4 Å². The number of hydrogen-bond donors (Lipinski definition) is 1. The molecule has 1 aromatic carbocycles. The second-order valence-corrected chi connectivity index (χ2v) is 5.93. The van der Waals surface area contributed by atoms with E-state index < -0.39 is 0 Å². The Morgan fingerprint density at radius 2 is 2.12 bits per heavy atom. The molecule has 0 radical (unpaired) electrons. The van der Waals surface area contributed by atoms with Gasteiger partial charge in [0.15, 0.2) is 0 Å². The van der Waals surface area contributed by atoms with Crippen LogP contribution in [-0.2, 0) is 6.54 Å². The third kappa shape index (κ3) is 2.46. The smallest absolute Gasteiger partial charge is 0.0205 e. The molecule has 2 aliphatic carbocycles.